The lowest BCUT2D eigenvalue weighted by Gasteiger charge is -2.05. The highest BCUT2D eigenvalue weighted by Crippen LogP contribution is 2.18. The lowest BCUT2D eigenvalue weighted by atomic mass is 10.1. The van der Waals surface area contributed by atoms with Gasteiger partial charge >= 0.3 is 6.01 Å². The third-order valence-electron chi connectivity index (χ3n) is 2.28. The van der Waals surface area contributed by atoms with E-state index in [2.05, 4.69) is 32.9 Å². The summed E-state index contributed by atoms with van der Waals surface area (Å²) in [5.41, 5.74) is 2.43. The molecule has 2 aromatic rings. The molecule has 1 N–H and O–H groups in total. The maximum Gasteiger partial charge on any atom is 0.301 e. The van der Waals surface area contributed by atoms with Crippen LogP contribution in [-0.2, 0) is 0 Å². The molecule has 0 aliphatic rings. The Bertz CT molecular complexity index is 563. The van der Waals surface area contributed by atoms with Crippen molar-refractivity contribution in [3.63, 3.8) is 0 Å². The summed E-state index contributed by atoms with van der Waals surface area (Å²) >= 11 is 2.16. The number of carbonyl (C=O) groups is 1. The van der Waals surface area contributed by atoms with Crippen LogP contribution in [-0.4, -0.2) is 10.9 Å². The van der Waals surface area contributed by atoms with Gasteiger partial charge in [-0.05, 0) is 48.1 Å². The minimum atomic E-state index is -0.208. The van der Waals surface area contributed by atoms with Crippen molar-refractivity contribution < 1.29 is 9.21 Å². The third kappa shape index (κ3) is 2.66. The van der Waals surface area contributed by atoms with Crippen molar-refractivity contribution in [2.45, 2.75) is 13.8 Å². The van der Waals surface area contributed by atoms with Gasteiger partial charge in [0.2, 0.25) is 0 Å². The second kappa shape index (κ2) is 4.87. The van der Waals surface area contributed by atoms with Crippen LogP contribution in [0.25, 0.3) is 0 Å². The molecule has 0 aliphatic carbocycles. The number of hydrogen-bond acceptors (Lipinski definition) is 3. The summed E-state index contributed by atoms with van der Waals surface area (Å²) in [6, 6.07) is 5.82. The van der Waals surface area contributed by atoms with Crippen molar-refractivity contribution in [2.75, 3.05) is 5.32 Å². The molecule has 1 amide bonds. The lowest BCUT2D eigenvalue weighted by molar-refractivity contribution is 0.102. The molecule has 88 valence electrons. The van der Waals surface area contributed by atoms with E-state index in [0.29, 0.717) is 5.56 Å². The van der Waals surface area contributed by atoms with E-state index in [9.17, 15) is 4.79 Å². The van der Waals surface area contributed by atoms with Crippen molar-refractivity contribution in [1.82, 2.24) is 4.98 Å². The van der Waals surface area contributed by atoms with Gasteiger partial charge in [-0.1, -0.05) is 12.1 Å². The molecular weight excluding hydrogens is 331 g/mol. The molecule has 0 radical (unpaired) electrons. The Kier molecular flexibility index (Phi) is 3.46. The minimum absolute atomic E-state index is 0.208. The van der Waals surface area contributed by atoms with E-state index in [4.69, 9.17) is 4.42 Å². The summed E-state index contributed by atoms with van der Waals surface area (Å²) in [6.07, 6.45) is 1.50. The van der Waals surface area contributed by atoms with E-state index >= 15 is 0 Å². The number of benzene rings is 1. The lowest BCUT2D eigenvalue weighted by Crippen LogP contribution is -2.14. The van der Waals surface area contributed by atoms with E-state index in [1.807, 2.05) is 19.1 Å². The Balaban J connectivity index is 2.23. The molecule has 17 heavy (non-hydrogen) atoms. The van der Waals surface area contributed by atoms with E-state index in [1.165, 1.54) is 6.26 Å². The fraction of sp³-hybridized carbons (Fsp3) is 0.167. The highest BCUT2D eigenvalue weighted by molar-refractivity contribution is 14.1. The predicted molar refractivity (Wildman–Crippen MR) is 73.1 cm³/mol. The normalized spacial score (nSPS) is 10.3. The first kappa shape index (κ1) is 12.1. The second-order valence-corrected chi connectivity index (χ2v) is 4.76. The number of rotatable bonds is 2. The summed E-state index contributed by atoms with van der Waals surface area (Å²) in [6.45, 7) is 3.77. The molecule has 0 spiro atoms. The smallest absolute Gasteiger partial charge is 0.301 e. The summed E-state index contributed by atoms with van der Waals surface area (Å²) in [4.78, 5) is 16.0. The first-order valence-electron chi connectivity index (χ1n) is 5.06. The third-order valence-corrected chi connectivity index (χ3v) is 3.71. The quantitative estimate of drug-likeness (QED) is 0.853. The minimum Gasteiger partial charge on any atom is -0.432 e. The first-order valence-corrected chi connectivity index (χ1v) is 6.14. The predicted octanol–water partition coefficient (Wildman–Crippen LogP) is 3.15. The van der Waals surface area contributed by atoms with Crippen molar-refractivity contribution in [1.29, 1.82) is 0 Å². The van der Waals surface area contributed by atoms with Crippen LogP contribution in [0.1, 0.15) is 21.6 Å². The molecule has 1 heterocycles. The molecule has 0 aliphatic heterocycles. The van der Waals surface area contributed by atoms with Crippen molar-refractivity contribution in [3.8, 4) is 0 Å². The molecule has 0 bridgehead atoms. The number of halogens is 1. The van der Waals surface area contributed by atoms with Gasteiger partial charge in [0.1, 0.15) is 6.26 Å². The second-order valence-electron chi connectivity index (χ2n) is 3.68. The average Bonchev–Trinajstić information content (AvgIpc) is 2.68. The van der Waals surface area contributed by atoms with Crippen LogP contribution in [0.5, 0.6) is 0 Å². The van der Waals surface area contributed by atoms with Gasteiger partial charge in [-0.3, -0.25) is 10.1 Å². The van der Waals surface area contributed by atoms with Gasteiger partial charge in [-0.25, -0.2) is 0 Å². The van der Waals surface area contributed by atoms with Gasteiger partial charge in [-0.2, -0.15) is 4.98 Å². The Morgan fingerprint density at radius 1 is 1.41 bits per heavy atom. The molecule has 1 aromatic carbocycles. The monoisotopic (exact) mass is 342 g/mol. The number of carbonyl (C=O) groups excluding carboxylic acids is 1. The average molecular weight is 342 g/mol. The van der Waals surface area contributed by atoms with Gasteiger partial charge < -0.3 is 4.42 Å². The van der Waals surface area contributed by atoms with Crippen LogP contribution in [0.15, 0.2) is 28.9 Å². The van der Waals surface area contributed by atoms with Crippen LogP contribution in [0.2, 0.25) is 0 Å². The Labute approximate surface area is 113 Å². The molecule has 0 fully saturated rings. The SMILES string of the molecule is Cc1coc(NC(=O)c2cccc(C)c2I)n1. The number of amides is 1. The number of hydrogen-bond donors (Lipinski definition) is 1. The molecule has 2 rings (SSSR count). The Morgan fingerprint density at radius 2 is 2.18 bits per heavy atom. The van der Waals surface area contributed by atoms with E-state index < -0.39 is 0 Å². The van der Waals surface area contributed by atoms with Gasteiger partial charge in [-0.15, -0.1) is 0 Å². The largest absolute Gasteiger partial charge is 0.432 e. The van der Waals surface area contributed by atoms with E-state index in [-0.39, 0.29) is 11.9 Å². The number of anilines is 1. The zero-order valence-corrected chi connectivity index (χ0v) is 11.6. The molecule has 0 saturated carbocycles. The van der Waals surface area contributed by atoms with Gasteiger partial charge in [0.05, 0.1) is 11.3 Å². The molecule has 0 unspecified atom stereocenters. The fourth-order valence-corrected chi connectivity index (χ4v) is 2.00. The van der Waals surface area contributed by atoms with E-state index in [0.717, 1.165) is 14.8 Å². The van der Waals surface area contributed by atoms with Crippen LogP contribution in [0, 0.1) is 17.4 Å². The number of nitrogens with one attached hydrogen (secondary N) is 1. The molecule has 4 nitrogen and oxygen atoms in total. The topological polar surface area (TPSA) is 55.1 Å². The number of aromatic nitrogens is 1. The van der Waals surface area contributed by atoms with E-state index in [1.54, 1.807) is 13.0 Å². The number of nitrogens with zero attached hydrogens (tertiary/aromatic N) is 1. The first-order chi connectivity index (χ1) is 8.08. The Morgan fingerprint density at radius 3 is 2.82 bits per heavy atom. The van der Waals surface area contributed by atoms with Crippen LogP contribution >= 0.6 is 22.6 Å². The van der Waals surface area contributed by atoms with Crippen molar-refractivity contribution >= 4 is 34.5 Å². The van der Waals surface area contributed by atoms with Crippen LogP contribution in [0.3, 0.4) is 0 Å². The van der Waals surface area contributed by atoms with Crippen molar-refractivity contribution in [3.05, 3.63) is 44.9 Å². The highest BCUT2D eigenvalue weighted by Gasteiger charge is 2.13. The maximum absolute atomic E-state index is 12.0. The number of oxazole rings is 1. The van der Waals surface area contributed by atoms with Crippen LogP contribution < -0.4 is 5.32 Å². The standard InChI is InChI=1S/C12H11IN2O2/c1-7-4-3-5-9(10(7)13)11(16)15-12-14-8(2)6-17-12/h3-6H,1-2H3,(H,14,15,16). The number of aryl methyl sites for hydroxylation is 2. The summed E-state index contributed by atoms with van der Waals surface area (Å²) < 4.78 is 6.02. The fourth-order valence-electron chi connectivity index (χ4n) is 1.40. The summed E-state index contributed by atoms with van der Waals surface area (Å²) in [5, 5.41) is 2.63. The molecule has 0 saturated heterocycles. The zero-order chi connectivity index (χ0) is 12.4. The van der Waals surface area contributed by atoms with Gasteiger partial charge in [0, 0.05) is 3.57 Å². The zero-order valence-electron chi connectivity index (χ0n) is 9.45. The molecule has 1 aromatic heterocycles. The highest BCUT2D eigenvalue weighted by atomic mass is 127. The van der Waals surface area contributed by atoms with Crippen molar-refractivity contribution in [2.24, 2.45) is 0 Å². The van der Waals surface area contributed by atoms with Crippen LogP contribution in [0.4, 0.5) is 6.01 Å². The molecule has 0 atom stereocenters. The molecule has 5 heteroatoms. The maximum atomic E-state index is 12.0. The Hall–Kier alpha value is -1.37. The molecular formula is C12H11IN2O2. The summed E-state index contributed by atoms with van der Waals surface area (Å²) in [5.74, 6) is -0.208. The van der Waals surface area contributed by atoms with Gasteiger partial charge in [0.15, 0.2) is 0 Å². The van der Waals surface area contributed by atoms with Gasteiger partial charge in [0.25, 0.3) is 5.91 Å². The summed E-state index contributed by atoms with van der Waals surface area (Å²) in [7, 11) is 0.